The van der Waals surface area contributed by atoms with E-state index in [2.05, 4.69) is 5.10 Å². The predicted molar refractivity (Wildman–Crippen MR) is 115 cm³/mol. The molecule has 0 bridgehead atoms. The number of hydrogen-bond acceptors (Lipinski definition) is 6. The van der Waals surface area contributed by atoms with E-state index in [4.69, 9.17) is 0 Å². The van der Waals surface area contributed by atoms with Gasteiger partial charge < -0.3 is 25.1 Å². The Hall–Kier alpha value is -3.27. The van der Waals surface area contributed by atoms with E-state index in [1.54, 1.807) is 28.1 Å². The Morgan fingerprint density at radius 2 is 1.53 bits per heavy atom. The van der Waals surface area contributed by atoms with Crippen LogP contribution >= 0.6 is 0 Å². The molecule has 3 N–H and O–H groups in total. The van der Waals surface area contributed by atoms with Crippen LogP contribution in [0.5, 0.6) is 0 Å². The van der Waals surface area contributed by atoms with Crippen molar-refractivity contribution in [2.24, 2.45) is 0 Å². The van der Waals surface area contributed by atoms with Gasteiger partial charge in [0.2, 0.25) is 0 Å². The first-order valence-corrected chi connectivity index (χ1v) is 10.6. The van der Waals surface area contributed by atoms with E-state index in [0.29, 0.717) is 50.1 Å². The fourth-order valence-corrected chi connectivity index (χ4v) is 4.13. The fourth-order valence-electron chi connectivity index (χ4n) is 4.13. The van der Waals surface area contributed by atoms with Crippen molar-refractivity contribution in [2.75, 3.05) is 26.2 Å². The van der Waals surface area contributed by atoms with Crippen LogP contribution in [0.2, 0.25) is 0 Å². The van der Waals surface area contributed by atoms with Crippen LogP contribution in [0.4, 0.5) is 0 Å². The number of aliphatic hydroxyl groups excluding tert-OH is 1. The van der Waals surface area contributed by atoms with Gasteiger partial charge in [-0.15, -0.1) is 0 Å². The molecule has 2 aromatic carbocycles. The third-order valence-corrected chi connectivity index (χ3v) is 6.26. The molecular formula is C23H24N4O5. The lowest BCUT2D eigenvalue weighted by Gasteiger charge is -2.35. The summed E-state index contributed by atoms with van der Waals surface area (Å²) in [4.78, 5) is 28.5. The van der Waals surface area contributed by atoms with Gasteiger partial charge in [-0.2, -0.15) is 5.10 Å². The van der Waals surface area contributed by atoms with Gasteiger partial charge in [-0.1, -0.05) is 24.3 Å². The van der Waals surface area contributed by atoms with Gasteiger partial charge >= 0.3 is 0 Å². The lowest BCUT2D eigenvalue weighted by Crippen LogP contribution is -2.53. The van der Waals surface area contributed by atoms with Crippen LogP contribution in [0.3, 0.4) is 0 Å². The number of benzene rings is 2. The highest BCUT2D eigenvalue weighted by molar-refractivity contribution is 5.95. The Morgan fingerprint density at radius 1 is 0.906 bits per heavy atom. The normalized spacial score (nSPS) is 17.8. The smallest absolute Gasteiger partial charge is 0.255 e. The number of nitrogens with zero attached hydrogens (tertiary/aromatic N) is 4. The highest BCUT2D eigenvalue weighted by Crippen LogP contribution is 2.37. The summed E-state index contributed by atoms with van der Waals surface area (Å²) < 4.78 is 1.13. The third kappa shape index (κ3) is 3.64. The minimum absolute atomic E-state index is 0.0919. The molecule has 1 saturated heterocycles. The summed E-state index contributed by atoms with van der Waals surface area (Å²) in [5.41, 5.74) is 1.74. The maximum Gasteiger partial charge on any atom is 0.255 e. The van der Waals surface area contributed by atoms with Gasteiger partial charge in [0.1, 0.15) is 5.60 Å². The first kappa shape index (κ1) is 20.6. The Balaban J connectivity index is 1.28. The van der Waals surface area contributed by atoms with Crippen molar-refractivity contribution in [3.8, 4) is 11.1 Å². The lowest BCUT2D eigenvalue weighted by atomic mass is 10.0. The molecule has 3 aromatic rings. The van der Waals surface area contributed by atoms with E-state index in [-0.39, 0.29) is 11.8 Å². The summed E-state index contributed by atoms with van der Waals surface area (Å²) in [6.07, 6.45) is 0.893. The second kappa shape index (κ2) is 7.70. The molecule has 2 aliphatic rings. The molecule has 1 saturated carbocycles. The molecule has 2 fully saturated rings. The summed E-state index contributed by atoms with van der Waals surface area (Å²) in [5, 5.41) is 33.7. The van der Waals surface area contributed by atoms with E-state index in [1.165, 1.54) is 0 Å². The first-order valence-electron chi connectivity index (χ1n) is 10.6. The third-order valence-electron chi connectivity index (χ3n) is 6.26. The number of aliphatic hydroxyl groups is 3. The van der Waals surface area contributed by atoms with E-state index in [9.17, 15) is 24.9 Å². The molecule has 0 unspecified atom stereocenters. The molecule has 166 valence electrons. The SMILES string of the molecule is O=C(c1ccc(-c2ccc3cnn(C(O)O)c3c2)cc1)N1CCN(C(=O)C2(O)CC2)CC1. The molecule has 32 heavy (non-hydrogen) atoms. The number of hydrogen-bond donors (Lipinski definition) is 3. The van der Waals surface area contributed by atoms with Gasteiger partial charge in [0, 0.05) is 37.1 Å². The van der Waals surface area contributed by atoms with Crippen molar-refractivity contribution in [3.05, 3.63) is 54.2 Å². The first-order chi connectivity index (χ1) is 15.4. The molecule has 2 amide bonds. The highest BCUT2D eigenvalue weighted by Gasteiger charge is 2.50. The maximum absolute atomic E-state index is 12.9. The molecule has 2 heterocycles. The summed E-state index contributed by atoms with van der Waals surface area (Å²) in [7, 11) is 0. The number of rotatable bonds is 4. The molecule has 0 atom stereocenters. The van der Waals surface area contributed by atoms with Crippen LogP contribution in [0.1, 0.15) is 29.6 Å². The molecule has 9 nitrogen and oxygen atoms in total. The molecule has 0 spiro atoms. The fraction of sp³-hybridized carbons (Fsp3) is 0.348. The second-order valence-corrected chi connectivity index (χ2v) is 8.40. The van der Waals surface area contributed by atoms with Gasteiger partial charge in [-0.3, -0.25) is 9.59 Å². The average Bonchev–Trinajstić information content (AvgIpc) is 3.42. The highest BCUT2D eigenvalue weighted by atomic mass is 16.5. The maximum atomic E-state index is 12.9. The van der Waals surface area contributed by atoms with Gasteiger partial charge in [-0.05, 0) is 42.2 Å². The van der Waals surface area contributed by atoms with Crippen LogP contribution in [-0.2, 0) is 4.79 Å². The summed E-state index contributed by atoms with van der Waals surface area (Å²) in [5.74, 6) is -0.313. The van der Waals surface area contributed by atoms with Crippen molar-refractivity contribution >= 4 is 22.7 Å². The topological polar surface area (TPSA) is 119 Å². The van der Waals surface area contributed by atoms with Crippen LogP contribution in [0.15, 0.2) is 48.7 Å². The zero-order chi connectivity index (χ0) is 22.5. The minimum Gasteiger partial charge on any atom is -0.380 e. The molecule has 9 heteroatoms. The number of aromatic nitrogens is 2. The zero-order valence-electron chi connectivity index (χ0n) is 17.4. The number of amides is 2. The quantitative estimate of drug-likeness (QED) is 0.524. The van der Waals surface area contributed by atoms with Crippen LogP contribution in [0, 0.1) is 0 Å². The molecule has 0 radical (unpaired) electrons. The minimum atomic E-state index is -1.72. The Bertz CT molecular complexity index is 1170. The number of fused-ring (bicyclic) bond motifs is 1. The van der Waals surface area contributed by atoms with E-state index < -0.39 is 12.0 Å². The summed E-state index contributed by atoms with van der Waals surface area (Å²) >= 11 is 0. The van der Waals surface area contributed by atoms with Gasteiger partial charge in [0.15, 0.2) is 0 Å². The Kier molecular flexibility index (Phi) is 4.96. The van der Waals surface area contributed by atoms with Crippen LogP contribution in [0.25, 0.3) is 22.0 Å². The summed E-state index contributed by atoms with van der Waals surface area (Å²) in [6.45, 7) is 1.73. The van der Waals surface area contributed by atoms with E-state index >= 15 is 0 Å². The van der Waals surface area contributed by atoms with Crippen LogP contribution < -0.4 is 0 Å². The monoisotopic (exact) mass is 436 g/mol. The van der Waals surface area contributed by atoms with Gasteiger partial charge in [0.25, 0.3) is 18.2 Å². The average molecular weight is 436 g/mol. The molecule has 1 aliphatic heterocycles. The van der Waals surface area contributed by atoms with E-state index in [1.807, 2.05) is 30.3 Å². The molecule has 5 rings (SSSR count). The number of piperazine rings is 1. The van der Waals surface area contributed by atoms with Gasteiger partial charge in [0.05, 0.1) is 11.7 Å². The van der Waals surface area contributed by atoms with Crippen molar-refractivity contribution in [1.29, 1.82) is 0 Å². The van der Waals surface area contributed by atoms with Gasteiger partial charge in [-0.25, -0.2) is 4.68 Å². The van der Waals surface area contributed by atoms with Crippen molar-refractivity contribution in [3.63, 3.8) is 0 Å². The Labute approximate surface area is 184 Å². The number of carbonyl (C=O) groups is 2. The molecular weight excluding hydrogens is 412 g/mol. The largest absolute Gasteiger partial charge is 0.380 e. The predicted octanol–water partition coefficient (Wildman–Crippen LogP) is 0.953. The molecule has 1 aliphatic carbocycles. The van der Waals surface area contributed by atoms with Crippen LogP contribution in [-0.4, -0.2) is 78.5 Å². The standard InChI is InChI=1S/C23H24N4O5/c28-20(25-9-11-26(12-10-25)21(29)23(32)7-8-23)16-3-1-15(2-4-16)17-5-6-18-14-24-27(22(30)31)19(18)13-17/h1-6,13-14,22,30-32H,7-12H2. The van der Waals surface area contributed by atoms with Crippen molar-refractivity contribution in [2.45, 2.75) is 24.9 Å². The zero-order valence-corrected chi connectivity index (χ0v) is 17.4. The molecule has 1 aromatic heterocycles. The Morgan fingerprint density at radius 3 is 2.16 bits per heavy atom. The lowest BCUT2D eigenvalue weighted by molar-refractivity contribution is -0.143. The van der Waals surface area contributed by atoms with Crippen molar-refractivity contribution < 1.29 is 24.9 Å². The number of carbonyl (C=O) groups excluding carboxylic acids is 2. The summed E-state index contributed by atoms with van der Waals surface area (Å²) in [6, 6.07) is 12.8. The van der Waals surface area contributed by atoms with E-state index in [0.717, 1.165) is 21.2 Å². The second-order valence-electron chi connectivity index (χ2n) is 8.40. The van der Waals surface area contributed by atoms with Crippen molar-refractivity contribution in [1.82, 2.24) is 19.6 Å².